The Kier molecular flexibility index (Phi) is 2.92. The van der Waals surface area contributed by atoms with Gasteiger partial charge in [-0.2, -0.15) is 5.10 Å². The fraction of sp³-hybridized carbons (Fsp3) is 0.769. The fourth-order valence-corrected chi connectivity index (χ4v) is 3.43. The minimum atomic E-state index is 0.497. The average molecular weight is 234 g/mol. The molecule has 4 heteroatoms. The molecule has 2 aliphatic heterocycles. The van der Waals surface area contributed by atoms with Crippen molar-refractivity contribution in [3.63, 3.8) is 0 Å². The second-order valence-corrected chi connectivity index (χ2v) is 5.49. The molecule has 3 atom stereocenters. The third-order valence-electron chi connectivity index (χ3n) is 4.43. The van der Waals surface area contributed by atoms with Gasteiger partial charge >= 0.3 is 0 Å². The van der Waals surface area contributed by atoms with Crippen molar-refractivity contribution in [3.05, 3.63) is 18.0 Å². The zero-order valence-corrected chi connectivity index (χ0v) is 10.8. The zero-order valence-electron chi connectivity index (χ0n) is 10.8. The van der Waals surface area contributed by atoms with Gasteiger partial charge in [-0.25, -0.2) is 0 Å². The number of hydrogen-bond acceptors (Lipinski definition) is 3. The summed E-state index contributed by atoms with van der Waals surface area (Å²) < 4.78 is 1.90. The van der Waals surface area contributed by atoms with E-state index in [1.54, 1.807) is 0 Å². The molecule has 0 radical (unpaired) electrons. The van der Waals surface area contributed by atoms with Crippen LogP contribution in [-0.2, 0) is 7.05 Å². The van der Waals surface area contributed by atoms with E-state index in [0.717, 1.165) is 18.5 Å². The quantitative estimate of drug-likeness (QED) is 0.834. The average Bonchev–Trinajstić information content (AvgIpc) is 2.95. The Hall–Kier alpha value is -0.870. The number of fused-ring (bicyclic) bond motifs is 1. The summed E-state index contributed by atoms with van der Waals surface area (Å²) in [5.41, 5.74) is 1.35. The van der Waals surface area contributed by atoms with Gasteiger partial charge in [-0.1, -0.05) is 0 Å². The lowest BCUT2D eigenvalue weighted by Crippen LogP contribution is -2.46. The van der Waals surface area contributed by atoms with Gasteiger partial charge < -0.3 is 5.32 Å². The van der Waals surface area contributed by atoms with Crippen LogP contribution in [0.3, 0.4) is 0 Å². The number of likely N-dealkylation sites (tertiary alicyclic amines) is 1. The van der Waals surface area contributed by atoms with E-state index in [0.29, 0.717) is 6.04 Å². The molecule has 0 bridgehead atoms. The molecule has 2 fully saturated rings. The minimum absolute atomic E-state index is 0.497. The molecule has 0 aromatic carbocycles. The maximum atomic E-state index is 4.29. The summed E-state index contributed by atoms with van der Waals surface area (Å²) >= 11 is 0. The van der Waals surface area contributed by atoms with Gasteiger partial charge in [-0.3, -0.25) is 9.58 Å². The van der Waals surface area contributed by atoms with Gasteiger partial charge in [0, 0.05) is 37.4 Å². The highest BCUT2D eigenvalue weighted by Crippen LogP contribution is 2.32. The summed E-state index contributed by atoms with van der Waals surface area (Å²) in [5.74, 6) is 0.864. The van der Waals surface area contributed by atoms with E-state index in [2.05, 4.69) is 28.4 Å². The molecule has 2 saturated heterocycles. The van der Waals surface area contributed by atoms with E-state index in [1.807, 2.05) is 17.9 Å². The number of aryl methyl sites for hydroxylation is 1. The molecular weight excluding hydrogens is 212 g/mol. The Bertz CT molecular complexity index is 387. The largest absolute Gasteiger partial charge is 0.315 e. The van der Waals surface area contributed by atoms with Crippen molar-refractivity contribution in [2.45, 2.75) is 31.8 Å². The van der Waals surface area contributed by atoms with E-state index in [-0.39, 0.29) is 0 Å². The van der Waals surface area contributed by atoms with E-state index in [9.17, 15) is 0 Å². The second kappa shape index (κ2) is 4.42. The molecular formula is C13H22N4. The Labute approximate surface area is 103 Å². The van der Waals surface area contributed by atoms with Crippen molar-refractivity contribution in [3.8, 4) is 0 Å². The van der Waals surface area contributed by atoms with Gasteiger partial charge in [0.1, 0.15) is 0 Å². The highest BCUT2D eigenvalue weighted by atomic mass is 15.3. The molecule has 0 aliphatic carbocycles. The van der Waals surface area contributed by atoms with E-state index >= 15 is 0 Å². The number of nitrogens with one attached hydrogen (secondary N) is 1. The van der Waals surface area contributed by atoms with Gasteiger partial charge in [-0.05, 0) is 38.8 Å². The predicted octanol–water partition coefficient (Wildman–Crippen LogP) is 1.16. The molecule has 17 heavy (non-hydrogen) atoms. The lowest BCUT2D eigenvalue weighted by atomic mass is 9.90. The maximum absolute atomic E-state index is 4.29. The summed E-state index contributed by atoms with van der Waals surface area (Å²) in [6.45, 7) is 5.92. The van der Waals surface area contributed by atoms with Crippen LogP contribution in [0.4, 0.5) is 0 Å². The third-order valence-corrected chi connectivity index (χ3v) is 4.43. The SMILES string of the molecule is CC(c1cnn(C)c1)N1CCCC2CNCC21. The van der Waals surface area contributed by atoms with Gasteiger partial charge in [0.25, 0.3) is 0 Å². The number of nitrogens with zero attached hydrogens (tertiary/aromatic N) is 3. The first-order valence-corrected chi connectivity index (χ1v) is 6.70. The molecule has 1 N–H and O–H groups in total. The standard InChI is InChI=1S/C13H22N4/c1-10(12-7-15-16(2)9-12)17-5-3-4-11-6-14-8-13(11)17/h7,9-11,13-14H,3-6,8H2,1-2H3. The molecule has 4 nitrogen and oxygen atoms in total. The molecule has 1 aromatic rings. The number of piperidine rings is 1. The summed E-state index contributed by atoms with van der Waals surface area (Å²) in [4.78, 5) is 2.67. The monoisotopic (exact) mass is 234 g/mol. The molecule has 94 valence electrons. The lowest BCUT2D eigenvalue weighted by molar-refractivity contribution is 0.0847. The van der Waals surface area contributed by atoms with E-state index < -0.39 is 0 Å². The Morgan fingerprint density at radius 2 is 2.35 bits per heavy atom. The molecule has 3 heterocycles. The summed E-state index contributed by atoms with van der Waals surface area (Å²) in [6.07, 6.45) is 6.90. The number of aromatic nitrogens is 2. The maximum Gasteiger partial charge on any atom is 0.0537 e. The predicted molar refractivity (Wildman–Crippen MR) is 67.7 cm³/mol. The molecule has 3 unspecified atom stereocenters. The van der Waals surface area contributed by atoms with Crippen LogP contribution in [0.1, 0.15) is 31.4 Å². The first-order chi connectivity index (χ1) is 8.25. The van der Waals surface area contributed by atoms with Crippen molar-refractivity contribution in [1.82, 2.24) is 20.0 Å². The minimum Gasteiger partial charge on any atom is -0.315 e. The fourth-order valence-electron chi connectivity index (χ4n) is 3.43. The molecule has 1 aromatic heterocycles. The van der Waals surface area contributed by atoms with Crippen LogP contribution in [0.15, 0.2) is 12.4 Å². The Balaban J connectivity index is 1.78. The van der Waals surface area contributed by atoms with Crippen LogP contribution in [0, 0.1) is 5.92 Å². The van der Waals surface area contributed by atoms with Crippen molar-refractivity contribution in [1.29, 1.82) is 0 Å². The first kappa shape index (κ1) is 11.2. The zero-order chi connectivity index (χ0) is 11.8. The van der Waals surface area contributed by atoms with E-state index in [1.165, 1.54) is 31.5 Å². The number of rotatable bonds is 2. The van der Waals surface area contributed by atoms with Crippen molar-refractivity contribution in [2.24, 2.45) is 13.0 Å². The molecule has 0 spiro atoms. The third kappa shape index (κ3) is 2.00. The van der Waals surface area contributed by atoms with Gasteiger partial charge in [0.15, 0.2) is 0 Å². The highest BCUT2D eigenvalue weighted by Gasteiger charge is 2.37. The van der Waals surface area contributed by atoms with Crippen LogP contribution in [-0.4, -0.2) is 40.4 Å². The first-order valence-electron chi connectivity index (χ1n) is 6.70. The second-order valence-electron chi connectivity index (χ2n) is 5.49. The Morgan fingerprint density at radius 3 is 3.12 bits per heavy atom. The van der Waals surface area contributed by atoms with Crippen LogP contribution in [0.25, 0.3) is 0 Å². The van der Waals surface area contributed by atoms with Crippen molar-refractivity contribution in [2.75, 3.05) is 19.6 Å². The van der Waals surface area contributed by atoms with Crippen molar-refractivity contribution >= 4 is 0 Å². The van der Waals surface area contributed by atoms with Gasteiger partial charge in [-0.15, -0.1) is 0 Å². The lowest BCUT2D eigenvalue weighted by Gasteiger charge is -2.40. The smallest absolute Gasteiger partial charge is 0.0537 e. The molecule has 0 amide bonds. The van der Waals surface area contributed by atoms with Gasteiger partial charge in [0.05, 0.1) is 6.20 Å². The molecule has 2 aliphatic rings. The van der Waals surface area contributed by atoms with Gasteiger partial charge in [0.2, 0.25) is 0 Å². The summed E-state index contributed by atoms with van der Waals surface area (Å²) in [5, 5.41) is 7.84. The van der Waals surface area contributed by atoms with Crippen molar-refractivity contribution < 1.29 is 0 Å². The normalized spacial score (nSPS) is 31.4. The topological polar surface area (TPSA) is 33.1 Å². The van der Waals surface area contributed by atoms with Crippen LogP contribution in [0.2, 0.25) is 0 Å². The van der Waals surface area contributed by atoms with E-state index in [4.69, 9.17) is 0 Å². The van der Waals surface area contributed by atoms with Crippen LogP contribution >= 0.6 is 0 Å². The summed E-state index contributed by atoms with van der Waals surface area (Å²) in [6, 6.07) is 1.23. The molecule has 0 saturated carbocycles. The highest BCUT2D eigenvalue weighted by molar-refractivity contribution is 5.11. The molecule has 3 rings (SSSR count). The summed E-state index contributed by atoms with van der Waals surface area (Å²) in [7, 11) is 1.99. The van der Waals surface area contributed by atoms with Crippen LogP contribution < -0.4 is 5.32 Å². The van der Waals surface area contributed by atoms with Crippen LogP contribution in [0.5, 0.6) is 0 Å². The number of hydrogen-bond donors (Lipinski definition) is 1. The Morgan fingerprint density at radius 1 is 1.47 bits per heavy atom.